The van der Waals surface area contributed by atoms with Crippen LogP contribution in [0.2, 0.25) is 0 Å². The Morgan fingerprint density at radius 2 is 2.11 bits per heavy atom. The molecular formula is C8H14N2O6S2. The summed E-state index contributed by atoms with van der Waals surface area (Å²) in [5.41, 5.74) is 0. The van der Waals surface area contributed by atoms with Crippen LogP contribution in [0.15, 0.2) is 0 Å². The number of ether oxygens (including phenoxy) is 1. The monoisotopic (exact) mass is 298 g/mol. The Labute approximate surface area is 109 Å². The van der Waals surface area contributed by atoms with Gasteiger partial charge in [-0.15, -0.1) is 11.8 Å². The third-order valence-corrected chi connectivity index (χ3v) is 4.59. The molecule has 18 heavy (non-hydrogen) atoms. The van der Waals surface area contributed by atoms with Gasteiger partial charge in [-0.1, -0.05) is 0 Å². The maximum absolute atomic E-state index is 11.8. The smallest absolute Gasteiger partial charge is 0.422 e. The minimum Gasteiger partial charge on any atom is -0.480 e. The second-order valence-corrected chi connectivity index (χ2v) is 6.43. The van der Waals surface area contributed by atoms with Gasteiger partial charge in [-0.3, -0.25) is 4.79 Å². The van der Waals surface area contributed by atoms with E-state index in [-0.39, 0.29) is 11.6 Å². The van der Waals surface area contributed by atoms with Gasteiger partial charge < -0.3 is 9.84 Å². The lowest BCUT2D eigenvalue weighted by atomic mass is 10.4. The molecule has 1 aliphatic rings. The average molecular weight is 298 g/mol. The second kappa shape index (κ2) is 5.76. The van der Waals surface area contributed by atoms with Crippen LogP contribution in [0.1, 0.15) is 13.8 Å². The van der Waals surface area contributed by atoms with Gasteiger partial charge in [-0.05, 0) is 13.8 Å². The van der Waals surface area contributed by atoms with E-state index >= 15 is 0 Å². The van der Waals surface area contributed by atoms with Crippen molar-refractivity contribution in [1.82, 2.24) is 9.03 Å². The van der Waals surface area contributed by atoms with Gasteiger partial charge in [0.25, 0.3) is 0 Å². The van der Waals surface area contributed by atoms with Gasteiger partial charge in [-0.25, -0.2) is 9.52 Å². The van der Waals surface area contributed by atoms with E-state index in [4.69, 9.17) is 5.11 Å². The standard InChI is InChI=1S/C8H14N2O6S2/c1-5(2)16-8(13)9-18(14,15)10-4-17-3-6(10)7(11)12/h5-6H,3-4H2,1-2H3,(H,9,13)(H,11,12). The van der Waals surface area contributed by atoms with Crippen molar-refractivity contribution in [3.63, 3.8) is 0 Å². The fraction of sp³-hybridized carbons (Fsp3) is 0.750. The number of rotatable bonds is 4. The zero-order valence-corrected chi connectivity index (χ0v) is 11.5. The van der Waals surface area contributed by atoms with Gasteiger partial charge in [0.05, 0.1) is 12.0 Å². The first-order valence-corrected chi connectivity index (χ1v) is 7.64. The summed E-state index contributed by atoms with van der Waals surface area (Å²) in [6.45, 7) is 3.13. The van der Waals surface area contributed by atoms with Crippen LogP contribution in [-0.2, 0) is 19.7 Å². The van der Waals surface area contributed by atoms with Crippen molar-refractivity contribution in [2.75, 3.05) is 11.6 Å². The van der Waals surface area contributed by atoms with Crippen molar-refractivity contribution in [2.45, 2.75) is 26.0 Å². The maximum Gasteiger partial charge on any atom is 0.422 e. The number of carboxylic acid groups (broad SMARTS) is 1. The van der Waals surface area contributed by atoms with Gasteiger partial charge in [-0.2, -0.15) is 12.7 Å². The van der Waals surface area contributed by atoms with Crippen molar-refractivity contribution < 1.29 is 27.9 Å². The Morgan fingerprint density at radius 3 is 2.61 bits per heavy atom. The number of hydrogen-bond acceptors (Lipinski definition) is 6. The SMILES string of the molecule is CC(C)OC(=O)NS(=O)(=O)N1CSCC1C(=O)O. The number of carbonyl (C=O) groups is 2. The first-order chi connectivity index (χ1) is 8.24. The Kier molecular flexibility index (Phi) is 4.82. The van der Waals surface area contributed by atoms with Crippen molar-refractivity contribution in [3.05, 3.63) is 0 Å². The highest BCUT2D eigenvalue weighted by molar-refractivity contribution is 8.00. The molecule has 1 rings (SSSR count). The van der Waals surface area contributed by atoms with E-state index in [1.807, 2.05) is 0 Å². The van der Waals surface area contributed by atoms with Gasteiger partial charge in [0.2, 0.25) is 0 Å². The zero-order chi connectivity index (χ0) is 13.9. The van der Waals surface area contributed by atoms with Gasteiger partial charge in [0, 0.05) is 5.75 Å². The summed E-state index contributed by atoms with van der Waals surface area (Å²) in [4.78, 5) is 22.1. The highest BCUT2D eigenvalue weighted by Gasteiger charge is 2.40. The number of nitrogens with zero attached hydrogens (tertiary/aromatic N) is 1. The molecule has 0 aromatic carbocycles. The number of aliphatic carboxylic acids is 1. The first-order valence-electron chi connectivity index (χ1n) is 5.05. The molecule has 0 aliphatic carbocycles. The number of carboxylic acids is 1. The molecule has 1 amide bonds. The average Bonchev–Trinajstić information content (AvgIpc) is 2.63. The number of carbonyl (C=O) groups excluding carboxylic acids is 1. The summed E-state index contributed by atoms with van der Waals surface area (Å²) >= 11 is 1.16. The molecule has 0 bridgehead atoms. The molecule has 0 aromatic heterocycles. The van der Waals surface area contributed by atoms with E-state index in [0.29, 0.717) is 0 Å². The molecule has 1 unspecified atom stereocenters. The van der Waals surface area contributed by atoms with Crippen LogP contribution in [-0.4, -0.2) is 53.7 Å². The van der Waals surface area contributed by atoms with E-state index < -0.39 is 34.4 Å². The molecule has 104 valence electrons. The van der Waals surface area contributed by atoms with Crippen molar-refractivity contribution >= 4 is 34.0 Å². The molecule has 1 heterocycles. The Morgan fingerprint density at radius 1 is 1.50 bits per heavy atom. The molecule has 2 N–H and O–H groups in total. The fourth-order valence-electron chi connectivity index (χ4n) is 1.26. The molecule has 1 aliphatic heterocycles. The number of thioether (sulfide) groups is 1. The van der Waals surface area contributed by atoms with E-state index in [1.165, 1.54) is 0 Å². The van der Waals surface area contributed by atoms with E-state index in [0.717, 1.165) is 16.1 Å². The van der Waals surface area contributed by atoms with Crippen LogP contribution in [0.4, 0.5) is 4.79 Å². The third kappa shape index (κ3) is 3.75. The van der Waals surface area contributed by atoms with Crippen LogP contribution >= 0.6 is 11.8 Å². The molecule has 10 heteroatoms. The van der Waals surface area contributed by atoms with Crippen LogP contribution in [0, 0.1) is 0 Å². The third-order valence-electron chi connectivity index (χ3n) is 1.99. The summed E-state index contributed by atoms with van der Waals surface area (Å²) in [6, 6.07) is -1.17. The second-order valence-electron chi connectivity index (χ2n) is 3.80. The van der Waals surface area contributed by atoms with Crippen LogP contribution in [0.3, 0.4) is 0 Å². The fourth-order valence-corrected chi connectivity index (χ4v) is 4.02. The number of amides is 1. The summed E-state index contributed by atoms with van der Waals surface area (Å²) in [5, 5.41) is 8.86. The molecule has 1 fully saturated rings. The highest BCUT2D eigenvalue weighted by Crippen LogP contribution is 2.23. The predicted octanol–water partition coefficient (Wildman–Crippen LogP) is -0.175. The Bertz CT molecular complexity index is 435. The van der Waals surface area contributed by atoms with Crippen LogP contribution < -0.4 is 4.72 Å². The summed E-state index contributed by atoms with van der Waals surface area (Å²) < 4.78 is 30.6. The van der Waals surface area contributed by atoms with E-state index in [1.54, 1.807) is 18.6 Å². The molecule has 1 saturated heterocycles. The van der Waals surface area contributed by atoms with Crippen LogP contribution in [0.25, 0.3) is 0 Å². The summed E-state index contributed by atoms with van der Waals surface area (Å²) in [5.74, 6) is -1.11. The first kappa shape index (κ1) is 15.1. The minimum absolute atomic E-state index is 0.0126. The van der Waals surface area contributed by atoms with E-state index in [9.17, 15) is 18.0 Å². The maximum atomic E-state index is 11.8. The lowest BCUT2D eigenvalue weighted by Gasteiger charge is -2.20. The quantitative estimate of drug-likeness (QED) is 0.740. The lowest BCUT2D eigenvalue weighted by molar-refractivity contribution is -0.140. The lowest BCUT2D eigenvalue weighted by Crippen LogP contribution is -2.49. The van der Waals surface area contributed by atoms with Gasteiger partial charge in [0.1, 0.15) is 6.04 Å². The van der Waals surface area contributed by atoms with Gasteiger partial charge in [0.15, 0.2) is 0 Å². The molecule has 0 radical (unpaired) electrons. The molecule has 0 spiro atoms. The van der Waals surface area contributed by atoms with Crippen molar-refractivity contribution in [2.24, 2.45) is 0 Å². The van der Waals surface area contributed by atoms with Crippen molar-refractivity contribution in [3.8, 4) is 0 Å². The predicted molar refractivity (Wildman–Crippen MR) is 64.3 cm³/mol. The topological polar surface area (TPSA) is 113 Å². The van der Waals surface area contributed by atoms with E-state index in [2.05, 4.69) is 4.74 Å². The molecular weight excluding hydrogens is 284 g/mol. The van der Waals surface area contributed by atoms with Crippen LogP contribution in [0.5, 0.6) is 0 Å². The summed E-state index contributed by atoms with van der Waals surface area (Å²) in [6.07, 6.45) is -1.59. The number of nitrogens with one attached hydrogen (secondary N) is 1. The molecule has 8 nitrogen and oxygen atoms in total. The zero-order valence-electron chi connectivity index (χ0n) is 9.82. The summed E-state index contributed by atoms with van der Waals surface area (Å²) in [7, 11) is -4.19. The Hall–Kier alpha value is -1.00. The number of hydrogen-bond donors (Lipinski definition) is 2. The minimum atomic E-state index is -4.19. The molecule has 1 atom stereocenters. The van der Waals surface area contributed by atoms with Gasteiger partial charge >= 0.3 is 22.3 Å². The Balaban J connectivity index is 2.74. The largest absolute Gasteiger partial charge is 0.480 e. The normalized spacial score (nSPS) is 20.9. The molecule has 0 aromatic rings. The molecule has 0 saturated carbocycles. The highest BCUT2D eigenvalue weighted by atomic mass is 32.2. The van der Waals surface area contributed by atoms with Crippen molar-refractivity contribution in [1.29, 1.82) is 0 Å².